The van der Waals surface area contributed by atoms with E-state index in [0.29, 0.717) is 40.7 Å². The van der Waals surface area contributed by atoms with Gasteiger partial charge in [-0.1, -0.05) is 15.9 Å². The van der Waals surface area contributed by atoms with Crippen LogP contribution in [0.25, 0.3) is 22.4 Å². The summed E-state index contributed by atoms with van der Waals surface area (Å²) in [5.74, 6) is 2.06. The molecule has 0 spiro atoms. The van der Waals surface area contributed by atoms with E-state index in [1.54, 1.807) is 26.4 Å². The van der Waals surface area contributed by atoms with Gasteiger partial charge in [-0.15, -0.1) is 0 Å². The van der Waals surface area contributed by atoms with Crippen LogP contribution >= 0.6 is 15.9 Å². The van der Waals surface area contributed by atoms with Crippen LogP contribution in [0.2, 0.25) is 0 Å². The molecule has 3 rings (SSSR count). The number of nitrogens with zero attached hydrogens (tertiary/aromatic N) is 2. The third-order valence-corrected chi connectivity index (χ3v) is 4.87. The minimum absolute atomic E-state index is 0.132. The number of nitrogens with two attached hydrogens (primary N) is 1. The number of nitrogen functional groups attached to an aromatic ring is 1. The van der Waals surface area contributed by atoms with Crippen molar-refractivity contribution in [3.8, 4) is 45.7 Å². The van der Waals surface area contributed by atoms with Crippen LogP contribution in [0, 0.1) is 11.3 Å². The lowest BCUT2D eigenvalue weighted by atomic mass is 9.97. The highest BCUT2D eigenvalue weighted by Crippen LogP contribution is 2.40. The fraction of sp³-hybridized carbons (Fsp3) is 0.182. The molecule has 6 nitrogen and oxygen atoms in total. The first-order valence-electron chi connectivity index (χ1n) is 8.88. The van der Waals surface area contributed by atoms with Gasteiger partial charge >= 0.3 is 0 Å². The van der Waals surface area contributed by atoms with E-state index in [9.17, 15) is 5.26 Å². The third kappa shape index (κ3) is 4.13. The van der Waals surface area contributed by atoms with Crippen LogP contribution in [0.5, 0.6) is 17.2 Å². The molecule has 3 aromatic rings. The number of hydrogen-bond acceptors (Lipinski definition) is 6. The van der Waals surface area contributed by atoms with Crippen molar-refractivity contribution in [2.24, 2.45) is 0 Å². The number of pyridine rings is 1. The Hall–Kier alpha value is -3.24. The Morgan fingerprint density at radius 1 is 1.00 bits per heavy atom. The van der Waals surface area contributed by atoms with Crippen molar-refractivity contribution in [3.63, 3.8) is 0 Å². The van der Waals surface area contributed by atoms with Gasteiger partial charge in [0.25, 0.3) is 0 Å². The van der Waals surface area contributed by atoms with E-state index >= 15 is 0 Å². The summed E-state index contributed by atoms with van der Waals surface area (Å²) >= 11 is 3.49. The van der Waals surface area contributed by atoms with Gasteiger partial charge in [0.05, 0.1) is 26.5 Å². The second kappa shape index (κ2) is 8.84. The first-order valence-corrected chi connectivity index (χ1v) is 9.67. The van der Waals surface area contributed by atoms with Crippen molar-refractivity contribution in [2.45, 2.75) is 6.92 Å². The van der Waals surface area contributed by atoms with Crippen LogP contribution in [0.1, 0.15) is 12.5 Å². The molecule has 148 valence electrons. The Balaban J connectivity index is 2.31. The fourth-order valence-corrected chi connectivity index (χ4v) is 3.40. The molecular weight excluding hydrogens is 434 g/mol. The zero-order valence-corrected chi connectivity index (χ0v) is 17.9. The molecule has 0 saturated carbocycles. The summed E-state index contributed by atoms with van der Waals surface area (Å²) in [6, 6.07) is 15.0. The summed E-state index contributed by atoms with van der Waals surface area (Å²) in [6.07, 6.45) is 0. The van der Waals surface area contributed by atoms with E-state index in [0.717, 1.165) is 10.0 Å². The summed E-state index contributed by atoms with van der Waals surface area (Å²) in [7, 11) is 3.17. The van der Waals surface area contributed by atoms with Gasteiger partial charge in [0.1, 0.15) is 34.7 Å². The van der Waals surface area contributed by atoms with Crippen LogP contribution in [0.4, 0.5) is 5.82 Å². The second-order valence-electron chi connectivity index (χ2n) is 6.07. The predicted molar refractivity (Wildman–Crippen MR) is 116 cm³/mol. The molecule has 0 atom stereocenters. The minimum atomic E-state index is 0.132. The number of rotatable bonds is 6. The Morgan fingerprint density at radius 2 is 1.76 bits per heavy atom. The molecule has 7 heteroatoms. The van der Waals surface area contributed by atoms with E-state index in [-0.39, 0.29) is 11.4 Å². The quantitative estimate of drug-likeness (QED) is 0.561. The van der Waals surface area contributed by atoms with Gasteiger partial charge in [-0.25, -0.2) is 4.98 Å². The number of halogens is 1. The molecule has 0 amide bonds. The molecule has 2 N–H and O–H groups in total. The normalized spacial score (nSPS) is 10.3. The highest BCUT2D eigenvalue weighted by molar-refractivity contribution is 9.10. The molecule has 0 saturated heterocycles. The first kappa shape index (κ1) is 20.5. The van der Waals surface area contributed by atoms with Crippen molar-refractivity contribution in [3.05, 3.63) is 52.5 Å². The lowest BCUT2D eigenvalue weighted by Crippen LogP contribution is -2.02. The highest BCUT2D eigenvalue weighted by Gasteiger charge is 2.19. The van der Waals surface area contributed by atoms with Crippen LogP contribution in [-0.2, 0) is 0 Å². The average molecular weight is 454 g/mol. The summed E-state index contributed by atoms with van der Waals surface area (Å²) in [6.45, 7) is 2.40. The molecule has 0 unspecified atom stereocenters. The number of aromatic nitrogens is 1. The Labute approximate surface area is 178 Å². The maximum Gasteiger partial charge on any atom is 0.142 e. The highest BCUT2D eigenvalue weighted by atomic mass is 79.9. The molecular formula is C22H20BrN3O3. The van der Waals surface area contributed by atoms with E-state index in [1.807, 2.05) is 37.3 Å². The van der Waals surface area contributed by atoms with Crippen LogP contribution < -0.4 is 19.9 Å². The lowest BCUT2D eigenvalue weighted by Gasteiger charge is -2.16. The summed E-state index contributed by atoms with van der Waals surface area (Å²) in [5.41, 5.74) is 9.11. The zero-order valence-electron chi connectivity index (χ0n) is 16.3. The summed E-state index contributed by atoms with van der Waals surface area (Å²) in [4.78, 5) is 4.45. The maximum absolute atomic E-state index is 9.73. The molecule has 0 bridgehead atoms. The Kier molecular flexibility index (Phi) is 6.25. The number of hydrogen-bond donors (Lipinski definition) is 1. The smallest absolute Gasteiger partial charge is 0.142 e. The summed E-state index contributed by atoms with van der Waals surface area (Å²) in [5, 5.41) is 9.73. The maximum atomic E-state index is 9.73. The topological polar surface area (TPSA) is 90.4 Å². The number of nitriles is 1. The van der Waals surface area contributed by atoms with Crippen LogP contribution in [0.15, 0.2) is 46.9 Å². The first-order chi connectivity index (χ1) is 14.0. The second-order valence-corrected chi connectivity index (χ2v) is 6.98. The van der Waals surface area contributed by atoms with E-state index in [2.05, 4.69) is 27.0 Å². The Bertz CT molecular complexity index is 1090. The zero-order chi connectivity index (χ0) is 21.0. The molecule has 0 aliphatic heterocycles. The third-order valence-electron chi connectivity index (χ3n) is 4.37. The molecule has 0 radical (unpaired) electrons. The minimum Gasteiger partial charge on any atom is -0.497 e. The van der Waals surface area contributed by atoms with Crippen molar-refractivity contribution >= 4 is 21.7 Å². The van der Waals surface area contributed by atoms with Gasteiger partial charge in [0.2, 0.25) is 0 Å². The van der Waals surface area contributed by atoms with Gasteiger partial charge < -0.3 is 19.9 Å². The monoisotopic (exact) mass is 453 g/mol. The van der Waals surface area contributed by atoms with Gasteiger partial charge in [-0.05, 0) is 49.4 Å². The van der Waals surface area contributed by atoms with Crippen molar-refractivity contribution in [2.75, 3.05) is 26.6 Å². The average Bonchev–Trinajstić information content (AvgIpc) is 2.74. The predicted octanol–water partition coefficient (Wildman–Crippen LogP) is 5.05. The summed E-state index contributed by atoms with van der Waals surface area (Å²) < 4.78 is 17.5. The van der Waals surface area contributed by atoms with E-state index < -0.39 is 0 Å². The molecule has 0 fully saturated rings. The number of benzene rings is 2. The van der Waals surface area contributed by atoms with Gasteiger partial charge in [0, 0.05) is 21.2 Å². The number of ether oxygens (including phenoxy) is 3. The van der Waals surface area contributed by atoms with E-state index in [1.165, 1.54) is 0 Å². The fourth-order valence-electron chi connectivity index (χ4n) is 3.04. The Morgan fingerprint density at radius 3 is 2.41 bits per heavy atom. The molecule has 2 aromatic carbocycles. The van der Waals surface area contributed by atoms with Gasteiger partial charge in [-0.3, -0.25) is 0 Å². The molecule has 29 heavy (non-hydrogen) atoms. The standard InChI is InChI=1S/C22H20BrN3O3/c1-4-29-21-7-5-13(23)9-16(21)15-11-19(26-22(25)18(15)12-24)17-10-14(27-2)6-8-20(17)28-3/h5-11H,4H2,1-3H3,(H2,25,26). The van der Waals surface area contributed by atoms with Crippen LogP contribution in [-0.4, -0.2) is 25.8 Å². The van der Waals surface area contributed by atoms with Crippen LogP contribution in [0.3, 0.4) is 0 Å². The number of methoxy groups -OCH3 is 2. The molecule has 1 heterocycles. The van der Waals surface area contributed by atoms with Crippen molar-refractivity contribution in [1.29, 1.82) is 5.26 Å². The largest absolute Gasteiger partial charge is 0.497 e. The molecule has 0 aliphatic rings. The number of anilines is 1. The van der Waals surface area contributed by atoms with Gasteiger partial charge in [0.15, 0.2) is 0 Å². The SMILES string of the molecule is CCOc1ccc(Br)cc1-c1cc(-c2cc(OC)ccc2OC)nc(N)c1C#N. The van der Waals surface area contributed by atoms with Crippen molar-refractivity contribution < 1.29 is 14.2 Å². The molecule has 1 aromatic heterocycles. The van der Waals surface area contributed by atoms with Crippen molar-refractivity contribution in [1.82, 2.24) is 4.98 Å². The van der Waals surface area contributed by atoms with Gasteiger partial charge in [-0.2, -0.15) is 5.26 Å². The van der Waals surface area contributed by atoms with E-state index in [4.69, 9.17) is 19.9 Å². The molecule has 0 aliphatic carbocycles. The lowest BCUT2D eigenvalue weighted by molar-refractivity contribution is 0.341.